The molecular formula is C18H11F4N3. The second-order valence-electron chi connectivity index (χ2n) is 5.00. The van der Waals surface area contributed by atoms with Crippen molar-refractivity contribution in [1.82, 2.24) is 4.98 Å². The molecule has 0 radical (unpaired) electrons. The van der Waals surface area contributed by atoms with Gasteiger partial charge in [0, 0.05) is 11.1 Å². The maximum absolute atomic E-state index is 13.7. The van der Waals surface area contributed by atoms with Crippen LogP contribution in [0, 0.1) is 23.4 Å². The number of anilines is 1. The summed E-state index contributed by atoms with van der Waals surface area (Å²) in [6, 6.07) is 17.8. The van der Waals surface area contributed by atoms with E-state index in [1.165, 1.54) is 0 Å². The first-order valence-electron chi connectivity index (χ1n) is 7.22. The van der Waals surface area contributed by atoms with Gasteiger partial charge in [0.2, 0.25) is 17.5 Å². The topological polar surface area (TPSA) is 37.3 Å². The maximum atomic E-state index is 13.7. The van der Waals surface area contributed by atoms with Crippen molar-refractivity contribution in [3.05, 3.63) is 95.2 Å². The van der Waals surface area contributed by atoms with Crippen molar-refractivity contribution >= 4 is 11.5 Å². The zero-order valence-electron chi connectivity index (χ0n) is 12.7. The van der Waals surface area contributed by atoms with E-state index in [0.29, 0.717) is 16.8 Å². The fraction of sp³-hybridized carbons (Fsp3) is 0. The average molecular weight is 345 g/mol. The highest BCUT2D eigenvalue weighted by molar-refractivity contribution is 6.13. The summed E-state index contributed by atoms with van der Waals surface area (Å²) in [6.45, 7) is 0. The van der Waals surface area contributed by atoms with Gasteiger partial charge in [-0.2, -0.15) is 23.3 Å². The summed E-state index contributed by atoms with van der Waals surface area (Å²) < 4.78 is 53.2. The lowest BCUT2D eigenvalue weighted by Crippen LogP contribution is -2.10. The van der Waals surface area contributed by atoms with Crippen LogP contribution < -0.4 is 5.43 Å². The third-order valence-corrected chi connectivity index (χ3v) is 3.35. The standard InChI is InChI=1S/C18H11F4N3/c19-13-14(20)17(22)23-18(15(13)21)25-24-16(11-7-3-1-4-8-11)12-9-5-2-6-10-12/h1-10H,(H,23,25). The van der Waals surface area contributed by atoms with Crippen molar-refractivity contribution < 1.29 is 17.6 Å². The van der Waals surface area contributed by atoms with Gasteiger partial charge < -0.3 is 0 Å². The summed E-state index contributed by atoms with van der Waals surface area (Å²) in [5.41, 5.74) is 3.94. The SMILES string of the molecule is Fc1nc(NN=C(c2ccccc2)c2ccccc2)c(F)c(F)c1F. The summed E-state index contributed by atoms with van der Waals surface area (Å²) in [4.78, 5) is 3.02. The lowest BCUT2D eigenvalue weighted by Gasteiger charge is -2.09. The normalized spacial score (nSPS) is 10.4. The van der Waals surface area contributed by atoms with Crippen LogP contribution in [0.15, 0.2) is 65.8 Å². The first kappa shape index (κ1) is 16.6. The lowest BCUT2D eigenvalue weighted by molar-refractivity contribution is 0.393. The van der Waals surface area contributed by atoms with E-state index in [0.717, 1.165) is 0 Å². The van der Waals surface area contributed by atoms with Gasteiger partial charge in [-0.05, 0) is 0 Å². The number of hydrogen-bond acceptors (Lipinski definition) is 3. The predicted octanol–water partition coefficient (Wildman–Crippen LogP) is 4.50. The zero-order chi connectivity index (χ0) is 17.8. The van der Waals surface area contributed by atoms with Gasteiger partial charge in [0.1, 0.15) is 0 Å². The predicted molar refractivity (Wildman–Crippen MR) is 86.2 cm³/mol. The van der Waals surface area contributed by atoms with E-state index in [4.69, 9.17) is 0 Å². The van der Waals surface area contributed by atoms with E-state index in [1.807, 2.05) is 12.1 Å². The van der Waals surface area contributed by atoms with Crippen LogP contribution in [0.5, 0.6) is 0 Å². The zero-order valence-corrected chi connectivity index (χ0v) is 12.7. The molecule has 0 unspecified atom stereocenters. The van der Waals surface area contributed by atoms with Gasteiger partial charge in [-0.15, -0.1) is 0 Å². The number of hydrogen-bond donors (Lipinski definition) is 1. The molecule has 2 aromatic carbocycles. The number of halogens is 4. The van der Waals surface area contributed by atoms with Crippen LogP contribution in [0.4, 0.5) is 23.4 Å². The minimum atomic E-state index is -1.97. The van der Waals surface area contributed by atoms with Crippen LogP contribution in [0.2, 0.25) is 0 Å². The number of benzene rings is 2. The van der Waals surface area contributed by atoms with Crippen LogP contribution in [0.1, 0.15) is 11.1 Å². The van der Waals surface area contributed by atoms with Crippen molar-refractivity contribution in [2.45, 2.75) is 0 Å². The molecule has 0 saturated carbocycles. The van der Waals surface area contributed by atoms with E-state index in [9.17, 15) is 17.6 Å². The number of rotatable bonds is 4. The molecule has 1 aromatic heterocycles. The molecule has 126 valence electrons. The third kappa shape index (κ3) is 3.50. The molecule has 1 heterocycles. The molecule has 0 fully saturated rings. The summed E-state index contributed by atoms with van der Waals surface area (Å²) in [7, 11) is 0. The van der Waals surface area contributed by atoms with E-state index >= 15 is 0 Å². The summed E-state index contributed by atoms with van der Waals surface area (Å²) in [5.74, 6) is -8.17. The van der Waals surface area contributed by atoms with Gasteiger partial charge in [-0.25, -0.2) is 4.39 Å². The van der Waals surface area contributed by atoms with Crippen LogP contribution in [-0.2, 0) is 0 Å². The maximum Gasteiger partial charge on any atom is 0.254 e. The van der Waals surface area contributed by atoms with Crippen molar-refractivity contribution in [2.24, 2.45) is 5.10 Å². The Bertz CT molecular complexity index is 871. The molecular weight excluding hydrogens is 334 g/mol. The largest absolute Gasteiger partial charge is 0.258 e. The van der Waals surface area contributed by atoms with E-state index in [2.05, 4.69) is 15.5 Å². The Labute approximate surface area is 140 Å². The van der Waals surface area contributed by atoms with Crippen LogP contribution in [0.3, 0.4) is 0 Å². The second kappa shape index (κ2) is 7.12. The smallest absolute Gasteiger partial charge is 0.254 e. The Morgan fingerprint density at radius 2 is 1.24 bits per heavy atom. The Morgan fingerprint density at radius 3 is 1.76 bits per heavy atom. The molecule has 0 spiro atoms. The summed E-state index contributed by atoms with van der Waals surface area (Å²) in [5, 5.41) is 4.02. The van der Waals surface area contributed by atoms with E-state index < -0.39 is 29.2 Å². The molecule has 0 aliphatic rings. The molecule has 25 heavy (non-hydrogen) atoms. The lowest BCUT2D eigenvalue weighted by atomic mass is 10.0. The minimum Gasteiger partial charge on any atom is -0.258 e. The quantitative estimate of drug-likeness (QED) is 0.327. The van der Waals surface area contributed by atoms with Crippen LogP contribution in [-0.4, -0.2) is 10.7 Å². The highest BCUT2D eigenvalue weighted by Gasteiger charge is 2.20. The van der Waals surface area contributed by atoms with Gasteiger partial charge in [0.05, 0.1) is 5.71 Å². The van der Waals surface area contributed by atoms with Crippen molar-refractivity contribution in [3.8, 4) is 0 Å². The molecule has 3 aromatic rings. The molecule has 0 aliphatic heterocycles. The summed E-state index contributed by atoms with van der Waals surface area (Å²) >= 11 is 0. The highest BCUT2D eigenvalue weighted by atomic mass is 19.2. The Balaban J connectivity index is 2.04. The average Bonchev–Trinajstić information content (AvgIpc) is 2.66. The molecule has 1 N–H and O–H groups in total. The van der Waals surface area contributed by atoms with Gasteiger partial charge in [0.15, 0.2) is 5.82 Å². The second-order valence-corrected chi connectivity index (χ2v) is 5.00. The molecule has 0 bridgehead atoms. The van der Waals surface area contributed by atoms with Crippen molar-refractivity contribution in [3.63, 3.8) is 0 Å². The molecule has 3 nitrogen and oxygen atoms in total. The molecule has 0 atom stereocenters. The number of nitrogens with one attached hydrogen (secondary N) is 1. The molecule has 0 saturated heterocycles. The third-order valence-electron chi connectivity index (χ3n) is 3.35. The number of pyridine rings is 1. The molecule has 7 heteroatoms. The Morgan fingerprint density at radius 1 is 0.720 bits per heavy atom. The van der Waals surface area contributed by atoms with Gasteiger partial charge in [-0.3, -0.25) is 5.43 Å². The highest BCUT2D eigenvalue weighted by Crippen LogP contribution is 2.20. The monoisotopic (exact) mass is 345 g/mol. The van der Waals surface area contributed by atoms with Crippen LogP contribution >= 0.6 is 0 Å². The number of nitrogens with zero attached hydrogens (tertiary/aromatic N) is 2. The van der Waals surface area contributed by atoms with Crippen molar-refractivity contribution in [1.29, 1.82) is 0 Å². The van der Waals surface area contributed by atoms with Gasteiger partial charge in [-0.1, -0.05) is 60.7 Å². The molecule has 3 rings (SSSR count). The Hall–Kier alpha value is -3.22. The first-order valence-corrected chi connectivity index (χ1v) is 7.22. The molecule has 0 amide bonds. The summed E-state index contributed by atoms with van der Waals surface area (Å²) in [6.07, 6.45) is 0. The first-order chi connectivity index (χ1) is 12.1. The molecule has 0 aliphatic carbocycles. The fourth-order valence-electron chi connectivity index (χ4n) is 2.16. The van der Waals surface area contributed by atoms with Crippen molar-refractivity contribution in [2.75, 3.05) is 5.43 Å². The van der Waals surface area contributed by atoms with Gasteiger partial charge >= 0.3 is 0 Å². The number of hydrazone groups is 1. The fourth-order valence-corrected chi connectivity index (χ4v) is 2.16. The van der Waals surface area contributed by atoms with E-state index in [1.54, 1.807) is 48.5 Å². The minimum absolute atomic E-state index is 0.396. The Kier molecular flexibility index (Phi) is 4.74. The van der Waals surface area contributed by atoms with Gasteiger partial charge in [0.25, 0.3) is 5.95 Å². The van der Waals surface area contributed by atoms with E-state index in [-0.39, 0.29) is 0 Å². The number of aromatic nitrogens is 1. The van der Waals surface area contributed by atoms with Crippen LogP contribution in [0.25, 0.3) is 0 Å².